The monoisotopic (exact) mass is 474 g/mol. The number of fused-ring (bicyclic) bond motifs is 2. The Kier molecular flexibility index (Phi) is 5.71. The minimum atomic E-state index is -0.394. The highest BCUT2D eigenvalue weighted by Crippen LogP contribution is 2.30. The Morgan fingerprint density at radius 2 is 1.94 bits per heavy atom. The lowest BCUT2D eigenvalue weighted by Gasteiger charge is -2.23. The standard InChI is InChI=1S/C27H31FN6O/c1-16(2)33-25(35)20-15-30-26(31-19-10-9-17-11-12-29-14-18(17)13-19)32-24(20)34(33)22-8-6-7-21(23(22)28)27(3,4)5/h6-10,13,15-16,29H,11-12,14H2,1-5H3,(H,30,31,32). The fraction of sp³-hybridized carbons (Fsp3) is 0.370. The molecule has 0 unspecified atom stereocenters. The van der Waals surface area contributed by atoms with Crippen molar-refractivity contribution in [3.8, 4) is 5.69 Å². The van der Waals surface area contributed by atoms with Gasteiger partial charge in [-0.15, -0.1) is 0 Å². The van der Waals surface area contributed by atoms with E-state index in [9.17, 15) is 4.79 Å². The zero-order chi connectivity index (χ0) is 24.9. The highest BCUT2D eigenvalue weighted by Gasteiger charge is 2.25. The van der Waals surface area contributed by atoms with Gasteiger partial charge < -0.3 is 10.6 Å². The van der Waals surface area contributed by atoms with Crippen LogP contribution in [0.3, 0.4) is 0 Å². The SMILES string of the molecule is CC(C)n1c(=O)c2cnc(Nc3ccc4c(c3)CNCC4)nc2n1-c1cccc(C(C)(C)C)c1F. The van der Waals surface area contributed by atoms with Gasteiger partial charge in [-0.25, -0.2) is 18.7 Å². The van der Waals surface area contributed by atoms with Gasteiger partial charge >= 0.3 is 0 Å². The van der Waals surface area contributed by atoms with Crippen molar-refractivity contribution in [3.05, 3.63) is 75.5 Å². The van der Waals surface area contributed by atoms with Crippen LogP contribution in [0.1, 0.15) is 57.4 Å². The number of aromatic nitrogens is 4. The van der Waals surface area contributed by atoms with Gasteiger partial charge in [0.15, 0.2) is 11.5 Å². The molecule has 2 aromatic heterocycles. The first kappa shape index (κ1) is 23.2. The maximum absolute atomic E-state index is 15.8. The molecule has 2 aromatic carbocycles. The molecule has 4 aromatic rings. The molecule has 3 heterocycles. The van der Waals surface area contributed by atoms with E-state index in [2.05, 4.69) is 27.8 Å². The van der Waals surface area contributed by atoms with Crippen LogP contribution in [0, 0.1) is 5.82 Å². The second kappa shape index (κ2) is 8.61. The Balaban J connectivity index is 1.66. The molecule has 7 nitrogen and oxygen atoms in total. The van der Waals surface area contributed by atoms with Gasteiger partial charge in [0.1, 0.15) is 11.1 Å². The fourth-order valence-corrected chi connectivity index (χ4v) is 4.71. The third kappa shape index (κ3) is 4.12. The van der Waals surface area contributed by atoms with Crippen LogP contribution >= 0.6 is 0 Å². The Morgan fingerprint density at radius 3 is 2.69 bits per heavy atom. The molecule has 0 aliphatic carbocycles. The molecule has 0 saturated carbocycles. The molecule has 182 valence electrons. The van der Waals surface area contributed by atoms with E-state index in [-0.39, 0.29) is 17.4 Å². The fourth-order valence-electron chi connectivity index (χ4n) is 4.71. The molecule has 0 fully saturated rings. The quantitative estimate of drug-likeness (QED) is 0.436. The summed E-state index contributed by atoms with van der Waals surface area (Å²) in [4.78, 5) is 22.4. The summed E-state index contributed by atoms with van der Waals surface area (Å²) >= 11 is 0. The second-order valence-corrected chi connectivity index (χ2v) is 10.4. The van der Waals surface area contributed by atoms with Crippen molar-refractivity contribution in [3.63, 3.8) is 0 Å². The van der Waals surface area contributed by atoms with Crippen LogP contribution in [0.25, 0.3) is 16.7 Å². The van der Waals surface area contributed by atoms with Crippen molar-refractivity contribution in [1.82, 2.24) is 24.6 Å². The van der Waals surface area contributed by atoms with Gasteiger partial charge in [-0.2, -0.15) is 4.98 Å². The average Bonchev–Trinajstić information content (AvgIpc) is 3.10. The third-order valence-electron chi connectivity index (χ3n) is 6.48. The Morgan fingerprint density at radius 1 is 1.14 bits per heavy atom. The lowest BCUT2D eigenvalue weighted by atomic mass is 9.86. The predicted molar refractivity (Wildman–Crippen MR) is 137 cm³/mol. The number of hydrogen-bond donors (Lipinski definition) is 2. The van der Waals surface area contributed by atoms with Crippen molar-refractivity contribution in [2.75, 3.05) is 11.9 Å². The number of nitrogens with zero attached hydrogens (tertiary/aromatic N) is 4. The number of rotatable bonds is 4. The molecule has 2 N–H and O–H groups in total. The third-order valence-corrected chi connectivity index (χ3v) is 6.48. The molecule has 0 radical (unpaired) electrons. The van der Waals surface area contributed by atoms with Gasteiger partial charge in [0.05, 0.1) is 0 Å². The summed E-state index contributed by atoms with van der Waals surface area (Å²) in [7, 11) is 0. The van der Waals surface area contributed by atoms with Crippen molar-refractivity contribution < 1.29 is 4.39 Å². The molecule has 5 rings (SSSR count). The normalized spacial score (nSPS) is 13.9. The minimum absolute atomic E-state index is 0.209. The zero-order valence-electron chi connectivity index (χ0n) is 20.8. The summed E-state index contributed by atoms with van der Waals surface area (Å²) in [6, 6.07) is 11.3. The lowest BCUT2D eigenvalue weighted by Crippen LogP contribution is -2.25. The van der Waals surface area contributed by atoms with Crippen molar-refractivity contribution in [2.24, 2.45) is 0 Å². The van der Waals surface area contributed by atoms with Crippen LogP contribution in [0.5, 0.6) is 0 Å². The highest BCUT2D eigenvalue weighted by molar-refractivity contribution is 5.77. The Bertz CT molecular complexity index is 1480. The summed E-state index contributed by atoms with van der Waals surface area (Å²) in [5.41, 5.74) is 4.04. The Labute approximate surface area is 204 Å². The van der Waals surface area contributed by atoms with E-state index >= 15 is 4.39 Å². The van der Waals surface area contributed by atoms with Gasteiger partial charge in [0, 0.05) is 24.5 Å². The van der Waals surface area contributed by atoms with E-state index in [0.717, 1.165) is 25.2 Å². The molecule has 8 heteroatoms. The van der Waals surface area contributed by atoms with Crippen LogP contribution in [-0.4, -0.2) is 25.9 Å². The molecule has 35 heavy (non-hydrogen) atoms. The lowest BCUT2D eigenvalue weighted by molar-refractivity contribution is 0.458. The van der Waals surface area contributed by atoms with Crippen LogP contribution in [0.15, 0.2) is 47.4 Å². The van der Waals surface area contributed by atoms with Crippen LogP contribution in [0.4, 0.5) is 16.0 Å². The number of nitrogens with one attached hydrogen (secondary N) is 2. The molecular formula is C27H31FN6O. The number of halogens is 1. The van der Waals surface area contributed by atoms with Crippen LogP contribution < -0.4 is 16.2 Å². The van der Waals surface area contributed by atoms with Gasteiger partial charge in [0.2, 0.25) is 5.95 Å². The number of hydrogen-bond acceptors (Lipinski definition) is 5. The van der Waals surface area contributed by atoms with Gasteiger partial charge in [-0.1, -0.05) is 39.0 Å². The van der Waals surface area contributed by atoms with Crippen LogP contribution in [0.2, 0.25) is 0 Å². The zero-order valence-corrected chi connectivity index (χ0v) is 20.8. The topological polar surface area (TPSA) is 76.8 Å². The molecule has 0 spiro atoms. The second-order valence-electron chi connectivity index (χ2n) is 10.4. The summed E-state index contributed by atoms with van der Waals surface area (Å²) in [6.07, 6.45) is 2.53. The van der Waals surface area contributed by atoms with Crippen molar-refractivity contribution >= 4 is 22.7 Å². The predicted octanol–water partition coefficient (Wildman–Crippen LogP) is 4.99. The highest BCUT2D eigenvalue weighted by atomic mass is 19.1. The van der Waals surface area contributed by atoms with E-state index in [4.69, 9.17) is 4.98 Å². The summed E-state index contributed by atoms with van der Waals surface area (Å²) < 4.78 is 19.0. The summed E-state index contributed by atoms with van der Waals surface area (Å²) in [5, 5.41) is 7.00. The first-order valence-corrected chi connectivity index (χ1v) is 12.0. The van der Waals surface area contributed by atoms with E-state index in [1.807, 2.05) is 46.8 Å². The molecule has 1 aliphatic rings. The molecule has 0 amide bonds. The maximum atomic E-state index is 15.8. The van der Waals surface area contributed by atoms with Crippen molar-refractivity contribution in [1.29, 1.82) is 0 Å². The van der Waals surface area contributed by atoms with Crippen molar-refractivity contribution in [2.45, 2.75) is 59.0 Å². The van der Waals surface area contributed by atoms with Gasteiger partial charge in [-0.3, -0.25) is 4.79 Å². The van der Waals surface area contributed by atoms with Gasteiger partial charge in [-0.05, 0) is 67.1 Å². The number of benzene rings is 2. The first-order chi connectivity index (χ1) is 16.6. The molecular weight excluding hydrogens is 443 g/mol. The first-order valence-electron chi connectivity index (χ1n) is 12.0. The molecule has 1 aliphatic heterocycles. The van der Waals surface area contributed by atoms with E-state index < -0.39 is 5.41 Å². The summed E-state index contributed by atoms with van der Waals surface area (Å²) in [6.45, 7) is 11.5. The van der Waals surface area contributed by atoms with E-state index in [0.29, 0.717) is 28.2 Å². The number of anilines is 2. The summed E-state index contributed by atoms with van der Waals surface area (Å²) in [5.74, 6) is -0.00938. The molecule has 0 saturated heterocycles. The maximum Gasteiger partial charge on any atom is 0.278 e. The molecule has 0 atom stereocenters. The smallest absolute Gasteiger partial charge is 0.278 e. The average molecular weight is 475 g/mol. The largest absolute Gasteiger partial charge is 0.324 e. The molecule has 0 bridgehead atoms. The van der Waals surface area contributed by atoms with E-state index in [1.165, 1.54) is 17.3 Å². The van der Waals surface area contributed by atoms with E-state index in [1.54, 1.807) is 21.5 Å². The van der Waals surface area contributed by atoms with Crippen LogP contribution in [-0.2, 0) is 18.4 Å². The Hall–Kier alpha value is -3.52. The van der Waals surface area contributed by atoms with Gasteiger partial charge in [0.25, 0.3) is 5.56 Å². The minimum Gasteiger partial charge on any atom is -0.324 e.